The van der Waals surface area contributed by atoms with Crippen LogP contribution in [0.4, 0.5) is 0 Å². The second kappa shape index (κ2) is 7.97. The van der Waals surface area contributed by atoms with Gasteiger partial charge >= 0.3 is 0 Å². The lowest BCUT2D eigenvalue weighted by Gasteiger charge is -2.20. The van der Waals surface area contributed by atoms with Crippen LogP contribution in [0.1, 0.15) is 38.7 Å². The third-order valence-electron chi connectivity index (χ3n) is 3.91. The molecule has 1 saturated carbocycles. The molecule has 8 heteroatoms. The number of carbonyl (C=O) groups excluding carboxylic acids is 2. The second-order valence-corrected chi connectivity index (χ2v) is 8.58. The predicted octanol–water partition coefficient (Wildman–Crippen LogP) is 1.25. The van der Waals surface area contributed by atoms with Crippen LogP contribution in [0.5, 0.6) is 0 Å². The minimum atomic E-state index is -3.83. The summed E-state index contributed by atoms with van der Waals surface area (Å²) in [6, 6.07) is 5.42. The molecular formula is C17H25N3O4S. The highest BCUT2D eigenvalue weighted by atomic mass is 32.2. The number of amides is 2. The number of aryl methyl sites for hydroxylation is 1. The van der Waals surface area contributed by atoms with Crippen molar-refractivity contribution >= 4 is 21.8 Å². The van der Waals surface area contributed by atoms with E-state index in [4.69, 9.17) is 0 Å². The van der Waals surface area contributed by atoms with E-state index in [0.717, 1.165) is 18.4 Å². The largest absolute Gasteiger partial charge is 0.273 e. The Balaban J connectivity index is 2.06. The van der Waals surface area contributed by atoms with E-state index in [1.165, 1.54) is 12.1 Å². The summed E-state index contributed by atoms with van der Waals surface area (Å²) >= 11 is 0. The van der Waals surface area contributed by atoms with Crippen LogP contribution in [0.2, 0.25) is 0 Å². The summed E-state index contributed by atoms with van der Waals surface area (Å²) < 4.78 is 27.5. The molecule has 0 unspecified atom stereocenters. The molecule has 1 aliphatic carbocycles. The summed E-state index contributed by atoms with van der Waals surface area (Å²) in [5, 5.41) is 0. The second-order valence-electron chi connectivity index (χ2n) is 6.87. The Morgan fingerprint density at radius 2 is 1.72 bits per heavy atom. The van der Waals surface area contributed by atoms with Crippen molar-refractivity contribution in [3.05, 3.63) is 29.8 Å². The number of hydrazine groups is 1. The average Bonchev–Trinajstić information content (AvgIpc) is 3.36. The van der Waals surface area contributed by atoms with Gasteiger partial charge in [-0.05, 0) is 44.2 Å². The minimum absolute atomic E-state index is 0.0481. The topological polar surface area (TPSA) is 104 Å². The average molecular weight is 367 g/mol. The van der Waals surface area contributed by atoms with Crippen molar-refractivity contribution in [2.75, 3.05) is 0 Å². The minimum Gasteiger partial charge on any atom is -0.273 e. The Labute approximate surface area is 148 Å². The molecule has 1 atom stereocenters. The van der Waals surface area contributed by atoms with Gasteiger partial charge in [0.05, 0.1) is 4.90 Å². The van der Waals surface area contributed by atoms with Gasteiger partial charge in [-0.15, -0.1) is 0 Å². The van der Waals surface area contributed by atoms with Gasteiger partial charge in [0.25, 0.3) is 5.91 Å². The van der Waals surface area contributed by atoms with Gasteiger partial charge in [0.15, 0.2) is 0 Å². The number of hydrogen-bond acceptors (Lipinski definition) is 4. The zero-order valence-corrected chi connectivity index (χ0v) is 15.5. The molecule has 2 amide bonds. The fourth-order valence-corrected chi connectivity index (χ4v) is 3.52. The molecule has 0 bridgehead atoms. The lowest BCUT2D eigenvalue weighted by atomic mass is 10.0. The van der Waals surface area contributed by atoms with Crippen LogP contribution in [-0.2, 0) is 19.6 Å². The molecule has 1 aromatic rings. The maximum absolute atomic E-state index is 12.5. The molecule has 3 N–H and O–H groups in total. The molecule has 1 fully saturated rings. The summed E-state index contributed by atoms with van der Waals surface area (Å²) in [6.07, 6.45) is 1.95. The van der Waals surface area contributed by atoms with E-state index in [-0.39, 0.29) is 22.6 Å². The third kappa shape index (κ3) is 5.82. The monoisotopic (exact) mass is 367 g/mol. The molecule has 0 aromatic heterocycles. The van der Waals surface area contributed by atoms with Crippen LogP contribution in [-0.4, -0.2) is 26.3 Å². The normalized spacial score (nSPS) is 15.7. The quantitative estimate of drug-likeness (QED) is 0.631. The first-order chi connectivity index (χ1) is 11.7. The van der Waals surface area contributed by atoms with E-state index < -0.39 is 22.0 Å². The molecule has 2 rings (SSSR count). The van der Waals surface area contributed by atoms with Gasteiger partial charge in [-0.25, -0.2) is 8.42 Å². The van der Waals surface area contributed by atoms with Crippen molar-refractivity contribution < 1.29 is 18.0 Å². The van der Waals surface area contributed by atoms with Crippen molar-refractivity contribution in [2.24, 2.45) is 11.8 Å². The Hall–Kier alpha value is -1.93. The zero-order valence-electron chi connectivity index (χ0n) is 14.7. The third-order valence-corrected chi connectivity index (χ3v) is 5.40. The lowest BCUT2D eigenvalue weighted by molar-refractivity contribution is -0.130. The number of sulfonamides is 1. The number of benzene rings is 1. The van der Waals surface area contributed by atoms with Gasteiger partial charge in [-0.3, -0.25) is 20.4 Å². The van der Waals surface area contributed by atoms with E-state index in [2.05, 4.69) is 15.6 Å². The van der Waals surface area contributed by atoms with Gasteiger partial charge in [0.1, 0.15) is 6.04 Å². The number of nitrogens with one attached hydrogen (secondary N) is 3. The summed E-state index contributed by atoms with van der Waals surface area (Å²) in [6.45, 7) is 5.65. The summed E-state index contributed by atoms with van der Waals surface area (Å²) in [5.74, 6) is -0.764. The number of carbonyl (C=O) groups is 2. The molecule has 0 saturated heterocycles. The summed E-state index contributed by atoms with van der Waals surface area (Å²) in [7, 11) is -3.83. The smallest absolute Gasteiger partial charge is 0.256 e. The fourth-order valence-electron chi connectivity index (χ4n) is 2.31. The van der Waals surface area contributed by atoms with Crippen molar-refractivity contribution in [2.45, 2.75) is 51.0 Å². The van der Waals surface area contributed by atoms with Crippen LogP contribution in [0.15, 0.2) is 29.2 Å². The van der Waals surface area contributed by atoms with Crippen LogP contribution >= 0.6 is 0 Å². The Morgan fingerprint density at radius 3 is 2.24 bits per heavy atom. The molecular weight excluding hydrogens is 342 g/mol. The van der Waals surface area contributed by atoms with Crippen LogP contribution < -0.4 is 15.6 Å². The standard InChI is InChI=1S/C17H25N3O4S/c1-11(2)10-15(17(22)19-18-16(21)13-6-7-13)20-25(23,24)14-8-4-12(3)5-9-14/h4-5,8-9,11,13,15,20H,6-7,10H2,1-3H3,(H,18,21)(H,19,22)/t15-/m0/s1. The summed E-state index contributed by atoms with van der Waals surface area (Å²) in [5.41, 5.74) is 5.63. The van der Waals surface area contributed by atoms with Crippen LogP contribution in [0.25, 0.3) is 0 Å². The molecule has 0 radical (unpaired) electrons. The molecule has 0 spiro atoms. The van der Waals surface area contributed by atoms with Crippen molar-refractivity contribution in [3.63, 3.8) is 0 Å². The summed E-state index contributed by atoms with van der Waals surface area (Å²) in [4.78, 5) is 24.1. The molecule has 0 aliphatic heterocycles. The first kappa shape index (κ1) is 19.4. The Morgan fingerprint density at radius 1 is 1.12 bits per heavy atom. The number of hydrogen-bond donors (Lipinski definition) is 3. The maximum atomic E-state index is 12.5. The molecule has 1 aromatic carbocycles. The van der Waals surface area contributed by atoms with Crippen molar-refractivity contribution in [1.29, 1.82) is 0 Å². The highest BCUT2D eigenvalue weighted by Gasteiger charge is 2.31. The fraction of sp³-hybridized carbons (Fsp3) is 0.529. The van der Waals surface area contributed by atoms with E-state index in [9.17, 15) is 18.0 Å². The maximum Gasteiger partial charge on any atom is 0.256 e. The molecule has 1 aliphatic rings. The van der Waals surface area contributed by atoms with E-state index in [1.54, 1.807) is 12.1 Å². The Kier molecular flexibility index (Phi) is 6.18. The van der Waals surface area contributed by atoms with Gasteiger partial charge < -0.3 is 0 Å². The van der Waals surface area contributed by atoms with Crippen LogP contribution in [0, 0.1) is 18.8 Å². The van der Waals surface area contributed by atoms with E-state index in [1.807, 2.05) is 20.8 Å². The van der Waals surface area contributed by atoms with Gasteiger partial charge in [0.2, 0.25) is 15.9 Å². The molecule has 0 heterocycles. The van der Waals surface area contributed by atoms with Gasteiger partial charge in [0, 0.05) is 5.92 Å². The predicted molar refractivity (Wildman–Crippen MR) is 93.8 cm³/mol. The zero-order chi connectivity index (χ0) is 18.6. The van der Waals surface area contributed by atoms with Gasteiger partial charge in [-0.1, -0.05) is 31.5 Å². The number of rotatable bonds is 7. The van der Waals surface area contributed by atoms with Crippen molar-refractivity contribution in [3.8, 4) is 0 Å². The first-order valence-corrected chi connectivity index (χ1v) is 9.86. The Bertz CT molecular complexity index is 725. The van der Waals surface area contributed by atoms with E-state index >= 15 is 0 Å². The van der Waals surface area contributed by atoms with Gasteiger partial charge in [-0.2, -0.15) is 4.72 Å². The van der Waals surface area contributed by atoms with Crippen LogP contribution in [0.3, 0.4) is 0 Å². The molecule has 7 nitrogen and oxygen atoms in total. The first-order valence-electron chi connectivity index (χ1n) is 8.37. The SMILES string of the molecule is Cc1ccc(S(=O)(=O)N[C@@H](CC(C)C)C(=O)NNC(=O)C2CC2)cc1. The molecule has 25 heavy (non-hydrogen) atoms. The highest BCUT2D eigenvalue weighted by molar-refractivity contribution is 7.89. The lowest BCUT2D eigenvalue weighted by Crippen LogP contribution is -2.52. The van der Waals surface area contributed by atoms with Crippen molar-refractivity contribution in [1.82, 2.24) is 15.6 Å². The van der Waals surface area contributed by atoms with E-state index in [0.29, 0.717) is 6.42 Å². The highest BCUT2D eigenvalue weighted by Crippen LogP contribution is 2.28. The molecule has 138 valence electrons.